The molecule has 142 valence electrons. The quantitative estimate of drug-likeness (QED) is 0.797. The van der Waals surface area contributed by atoms with Gasteiger partial charge in [0.15, 0.2) is 10.2 Å². The lowest BCUT2D eigenvalue weighted by Gasteiger charge is -2.32. The number of nitrogens with one attached hydrogen (secondary N) is 1. The van der Waals surface area contributed by atoms with Gasteiger partial charge in [0, 0.05) is 6.20 Å². The summed E-state index contributed by atoms with van der Waals surface area (Å²) in [6, 6.07) is 4.81. The number of sulfonamides is 1. The molecule has 1 aliphatic carbocycles. The predicted octanol–water partition coefficient (Wildman–Crippen LogP) is 2.58. The van der Waals surface area contributed by atoms with Crippen molar-refractivity contribution in [3.05, 3.63) is 30.9 Å². The summed E-state index contributed by atoms with van der Waals surface area (Å²) < 4.78 is 56.2. The summed E-state index contributed by atoms with van der Waals surface area (Å²) in [5, 5.41) is 11.8. The Morgan fingerprint density at radius 3 is 2.81 bits per heavy atom. The second-order valence-electron chi connectivity index (χ2n) is 5.97. The highest BCUT2D eigenvalue weighted by molar-refractivity contribution is 8.71. The first-order valence-corrected chi connectivity index (χ1v) is 11.5. The number of amidine groups is 1. The minimum Gasteiger partial charge on any atom is -0.305 e. The van der Waals surface area contributed by atoms with Crippen LogP contribution in [-0.2, 0) is 10.0 Å². The third-order valence-corrected chi connectivity index (χ3v) is 10.6. The normalized spacial score (nSPS) is 27.8. The zero-order chi connectivity index (χ0) is 19.4. The van der Waals surface area contributed by atoms with Crippen LogP contribution in [0, 0.1) is 11.3 Å². The first-order chi connectivity index (χ1) is 12.7. The van der Waals surface area contributed by atoms with Gasteiger partial charge in [-0.3, -0.25) is 5.43 Å². The second-order valence-corrected chi connectivity index (χ2v) is 11.6. The molecule has 1 aliphatic heterocycles. The monoisotopic (exact) mass is 432 g/mol. The topological polar surface area (TPSA) is 112 Å². The molecule has 0 bridgehead atoms. The van der Waals surface area contributed by atoms with Gasteiger partial charge in [0.1, 0.15) is 9.64 Å². The number of pyridine rings is 1. The minimum absolute atomic E-state index is 0.173. The summed E-state index contributed by atoms with van der Waals surface area (Å²) in [5.74, 6) is 0. The molecule has 27 heavy (non-hydrogen) atoms. The van der Waals surface area contributed by atoms with Crippen molar-refractivity contribution in [2.24, 2.45) is 9.50 Å². The van der Waals surface area contributed by atoms with E-state index in [9.17, 15) is 22.5 Å². The number of rotatable bonds is 4. The van der Waals surface area contributed by atoms with Crippen molar-refractivity contribution in [1.29, 1.82) is 5.26 Å². The van der Waals surface area contributed by atoms with Gasteiger partial charge >= 0.3 is 0 Å². The van der Waals surface area contributed by atoms with Crippen LogP contribution >= 0.6 is 19.9 Å². The van der Waals surface area contributed by atoms with Gasteiger partial charge in [-0.15, -0.1) is 4.40 Å². The summed E-state index contributed by atoms with van der Waals surface area (Å²) in [6.07, 6.45) is 1.77. The highest BCUT2D eigenvalue weighted by atomic mass is 35.7. The Morgan fingerprint density at radius 2 is 2.19 bits per heavy atom. The third-order valence-electron chi connectivity index (χ3n) is 4.33. The van der Waals surface area contributed by atoms with E-state index >= 15 is 0 Å². The molecule has 0 radical (unpaired) electrons. The van der Waals surface area contributed by atoms with Crippen LogP contribution < -0.4 is 5.43 Å². The number of hydrogen-bond donors (Lipinski definition) is 1. The van der Waals surface area contributed by atoms with Gasteiger partial charge < -0.3 is 4.40 Å². The van der Waals surface area contributed by atoms with E-state index in [0.717, 1.165) is 0 Å². The third kappa shape index (κ3) is 2.60. The van der Waals surface area contributed by atoms with Gasteiger partial charge in [0.25, 0.3) is 16.4 Å². The molecule has 0 saturated heterocycles. The molecule has 2 aromatic heterocycles. The maximum absolute atomic E-state index is 13.4. The standard InChI is InChI=1S/C14H11ClF2N6O2S2/c15-26(14(7-18)3-4-14)12(11(16)17)20-21-13(26)22-27(24,25)10-2-1-9-5-19-8-23(9)6-10/h1-2,5-6,8,11H,3-4H2,(H,21,22). The van der Waals surface area contributed by atoms with Crippen molar-refractivity contribution in [2.75, 3.05) is 0 Å². The molecular weight excluding hydrogens is 422 g/mol. The predicted molar refractivity (Wildman–Crippen MR) is 97.4 cm³/mol. The Morgan fingerprint density at radius 1 is 1.44 bits per heavy atom. The van der Waals surface area contributed by atoms with E-state index in [1.165, 1.54) is 29.1 Å². The maximum Gasteiger partial charge on any atom is 0.288 e. The van der Waals surface area contributed by atoms with E-state index in [-0.39, 0.29) is 17.7 Å². The van der Waals surface area contributed by atoms with Crippen molar-refractivity contribution < 1.29 is 17.2 Å². The van der Waals surface area contributed by atoms with Gasteiger partial charge in [0.2, 0.25) is 0 Å². The van der Waals surface area contributed by atoms with Gasteiger partial charge in [0.05, 0.1) is 24.1 Å². The number of nitrogens with zero attached hydrogens (tertiary/aromatic N) is 5. The van der Waals surface area contributed by atoms with Crippen molar-refractivity contribution in [3.63, 3.8) is 0 Å². The van der Waals surface area contributed by atoms with E-state index < -0.39 is 40.6 Å². The first kappa shape index (κ1) is 18.1. The molecule has 0 spiro atoms. The van der Waals surface area contributed by atoms with Crippen LogP contribution in [-0.4, -0.2) is 39.2 Å². The number of fused-ring (bicyclic) bond motifs is 1. The largest absolute Gasteiger partial charge is 0.305 e. The Bertz CT molecular complexity index is 1150. The average molecular weight is 433 g/mol. The van der Waals surface area contributed by atoms with E-state index in [2.05, 4.69) is 19.9 Å². The van der Waals surface area contributed by atoms with E-state index in [1.54, 1.807) is 6.20 Å². The van der Waals surface area contributed by atoms with E-state index in [4.69, 9.17) is 10.7 Å². The highest BCUT2D eigenvalue weighted by Gasteiger charge is 2.65. The number of nitriles is 1. The van der Waals surface area contributed by atoms with Crippen LogP contribution in [0.25, 0.3) is 5.52 Å². The lowest BCUT2D eigenvalue weighted by atomic mass is 10.4. The Hall–Kier alpha value is -2.23. The first-order valence-electron chi connectivity index (χ1n) is 7.56. The molecule has 1 unspecified atom stereocenters. The van der Waals surface area contributed by atoms with Crippen LogP contribution in [0.2, 0.25) is 0 Å². The molecule has 2 aliphatic rings. The lowest BCUT2D eigenvalue weighted by Crippen LogP contribution is -2.30. The molecule has 8 nitrogen and oxygen atoms in total. The van der Waals surface area contributed by atoms with Gasteiger partial charge in [-0.25, -0.2) is 13.8 Å². The lowest BCUT2D eigenvalue weighted by molar-refractivity contribution is 0.229. The Balaban J connectivity index is 1.81. The fourth-order valence-electron chi connectivity index (χ4n) is 2.74. The molecule has 1 atom stereocenters. The summed E-state index contributed by atoms with van der Waals surface area (Å²) in [4.78, 5) is 3.72. The molecule has 3 heterocycles. The van der Waals surface area contributed by atoms with Gasteiger partial charge in [-0.05, 0) is 34.2 Å². The van der Waals surface area contributed by atoms with Crippen LogP contribution in [0.1, 0.15) is 12.8 Å². The maximum atomic E-state index is 13.4. The van der Waals surface area contributed by atoms with E-state index in [0.29, 0.717) is 5.52 Å². The molecule has 13 heteroatoms. The molecule has 1 N–H and O–H groups in total. The number of imidazole rings is 1. The van der Waals surface area contributed by atoms with Crippen LogP contribution in [0.5, 0.6) is 0 Å². The molecule has 0 aromatic carbocycles. The van der Waals surface area contributed by atoms with Crippen molar-refractivity contribution in [2.45, 2.75) is 28.9 Å². The highest BCUT2D eigenvalue weighted by Crippen LogP contribution is 2.76. The fraction of sp³-hybridized carbons (Fsp3) is 0.286. The zero-order valence-electron chi connectivity index (χ0n) is 13.4. The molecule has 2 aromatic rings. The van der Waals surface area contributed by atoms with Crippen LogP contribution in [0.4, 0.5) is 8.78 Å². The van der Waals surface area contributed by atoms with Gasteiger partial charge in [-0.2, -0.15) is 18.8 Å². The molecule has 1 saturated carbocycles. The van der Waals surface area contributed by atoms with Crippen molar-refractivity contribution >= 4 is 45.7 Å². The Kier molecular flexibility index (Phi) is 3.95. The van der Waals surface area contributed by atoms with E-state index in [1.807, 2.05) is 6.07 Å². The minimum atomic E-state index is -4.29. The fourth-order valence-corrected chi connectivity index (χ4v) is 7.87. The van der Waals surface area contributed by atoms with Crippen molar-refractivity contribution in [3.8, 4) is 6.07 Å². The van der Waals surface area contributed by atoms with Crippen LogP contribution in [0.3, 0.4) is 0 Å². The number of hydrogen-bond acceptors (Lipinski definition) is 5. The molecule has 4 rings (SSSR count). The zero-order valence-corrected chi connectivity index (χ0v) is 15.8. The smallest absolute Gasteiger partial charge is 0.288 e. The van der Waals surface area contributed by atoms with Crippen molar-refractivity contribution in [1.82, 2.24) is 14.8 Å². The Labute approximate surface area is 158 Å². The summed E-state index contributed by atoms with van der Waals surface area (Å²) in [6.45, 7) is 0. The van der Waals surface area contributed by atoms with Gasteiger partial charge in [-0.1, -0.05) is 10.7 Å². The second kappa shape index (κ2) is 5.88. The SMILES string of the molecule is N#CC1(S2(Cl)C(C(F)F)=NN/C2=N\S(=O)(=O)c2ccc3cncn3c2)CC1. The summed E-state index contributed by atoms with van der Waals surface area (Å²) in [5.41, 5.74) is 2.90. The molecule has 1 fully saturated rings. The summed E-state index contributed by atoms with van der Waals surface area (Å²) in [7, 11) is -1.01. The number of aromatic nitrogens is 2. The number of hydrazone groups is 1. The number of halogens is 3. The average Bonchev–Trinajstić information content (AvgIpc) is 3.18. The molecule has 0 amide bonds. The van der Waals surface area contributed by atoms with Crippen LogP contribution in [0.15, 0.2) is 45.2 Å². The molecular formula is C14H11ClF2N6O2S2. The number of alkyl halides is 2. The summed E-state index contributed by atoms with van der Waals surface area (Å²) >= 11 is 0.